The van der Waals surface area contributed by atoms with Crippen LogP contribution >= 0.6 is 31.9 Å². The maximum absolute atomic E-state index is 5.29. The van der Waals surface area contributed by atoms with Crippen LogP contribution in [0.15, 0.2) is 45.3 Å². The van der Waals surface area contributed by atoms with Crippen molar-refractivity contribution in [2.45, 2.75) is 32.1 Å². The first-order valence-corrected chi connectivity index (χ1v) is 9.37. The number of hydrogen-bond acceptors (Lipinski definition) is 2. The molecule has 0 saturated heterocycles. The Hall–Kier alpha value is -1.00. The van der Waals surface area contributed by atoms with Crippen LogP contribution < -0.4 is 9.47 Å². The average Bonchev–Trinajstić information content (AvgIpc) is 2.57. The van der Waals surface area contributed by atoms with Gasteiger partial charge >= 0.3 is 0 Å². The van der Waals surface area contributed by atoms with Crippen molar-refractivity contribution in [3.63, 3.8) is 0 Å². The van der Waals surface area contributed by atoms with Gasteiger partial charge in [-0.2, -0.15) is 0 Å². The Morgan fingerprint density at radius 2 is 1.13 bits per heavy atom. The highest BCUT2D eigenvalue weighted by atomic mass is 79.9. The van der Waals surface area contributed by atoms with Crippen molar-refractivity contribution in [2.24, 2.45) is 0 Å². The number of halogens is 2. The van der Waals surface area contributed by atoms with Gasteiger partial charge in [0.05, 0.1) is 14.2 Å². The van der Waals surface area contributed by atoms with E-state index in [1.54, 1.807) is 14.2 Å². The summed E-state index contributed by atoms with van der Waals surface area (Å²) in [7, 11) is 3.41. The molecule has 0 N–H and O–H groups in total. The zero-order valence-electron chi connectivity index (χ0n) is 13.6. The maximum Gasteiger partial charge on any atom is 0.119 e. The Balaban J connectivity index is 1.80. The first-order valence-electron chi connectivity index (χ1n) is 7.79. The van der Waals surface area contributed by atoms with Crippen LogP contribution in [-0.4, -0.2) is 14.2 Å². The van der Waals surface area contributed by atoms with E-state index >= 15 is 0 Å². The predicted octanol–water partition coefficient (Wildman–Crippen LogP) is 6.18. The summed E-state index contributed by atoms with van der Waals surface area (Å²) in [5.41, 5.74) is 2.62. The van der Waals surface area contributed by atoms with Gasteiger partial charge in [0.2, 0.25) is 0 Å². The van der Waals surface area contributed by atoms with E-state index in [9.17, 15) is 0 Å². The van der Waals surface area contributed by atoms with E-state index in [4.69, 9.17) is 9.47 Å². The molecular formula is C19H22Br2O2. The molecule has 2 rings (SSSR count). The Labute approximate surface area is 155 Å². The summed E-state index contributed by atoms with van der Waals surface area (Å²) in [4.78, 5) is 0. The van der Waals surface area contributed by atoms with E-state index in [2.05, 4.69) is 56.1 Å². The van der Waals surface area contributed by atoms with Crippen LogP contribution in [0.4, 0.5) is 0 Å². The van der Waals surface area contributed by atoms with Gasteiger partial charge in [-0.25, -0.2) is 0 Å². The molecule has 0 bridgehead atoms. The molecule has 0 saturated carbocycles. The number of unbranched alkanes of at least 4 members (excludes halogenated alkanes) is 2. The molecule has 0 fully saturated rings. The van der Waals surface area contributed by atoms with Crippen molar-refractivity contribution in [1.29, 1.82) is 0 Å². The second-order valence-corrected chi connectivity index (χ2v) is 7.18. The topological polar surface area (TPSA) is 18.5 Å². The molecule has 0 amide bonds. The molecule has 0 aliphatic heterocycles. The number of hydrogen-bond donors (Lipinski definition) is 0. The molecule has 4 heteroatoms. The maximum atomic E-state index is 5.29. The van der Waals surface area contributed by atoms with Crippen molar-refractivity contribution >= 4 is 31.9 Å². The van der Waals surface area contributed by atoms with E-state index in [1.807, 2.05) is 12.1 Å². The molecule has 0 aliphatic carbocycles. The number of aryl methyl sites for hydroxylation is 2. The third-order valence-electron chi connectivity index (χ3n) is 3.90. The zero-order chi connectivity index (χ0) is 16.7. The first kappa shape index (κ1) is 18.3. The summed E-state index contributed by atoms with van der Waals surface area (Å²) in [5.74, 6) is 1.84. The molecule has 0 aromatic heterocycles. The van der Waals surface area contributed by atoms with Crippen LogP contribution in [0.5, 0.6) is 11.5 Å². The molecule has 0 spiro atoms. The van der Waals surface area contributed by atoms with Crippen LogP contribution in [-0.2, 0) is 12.8 Å². The Morgan fingerprint density at radius 1 is 0.696 bits per heavy atom. The number of rotatable bonds is 8. The minimum atomic E-state index is 0.920. The van der Waals surface area contributed by atoms with Gasteiger partial charge in [-0.15, -0.1) is 0 Å². The number of methoxy groups -OCH3 is 2. The molecule has 0 unspecified atom stereocenters. The highest BCUT2D eigenvalue weighted by Crippen LogP contribution is 2.26. The van der Waals surface area contributed by atoms with Crippen LogP contribution in [0.25, 0.3) is 0 Å². The van der Waals surface area contributed by atoms with Crippen molar-refractivity contribution < 1.29 is 9.47 Å². The fraction of sp³-hybridized carbons (Fsp3) is 0.368. The first-order chi connectivity index (χ1) is 11.1. The minimum Gasteiger partial charge on any atom is -0.497 e. The highest BCUT2D eigenvalue weighted by molar-refractivity contribution is 9.10. The van der Waals surface area contributed by atoms with Crippen LogP contribution in [0.2, 0.25) is 0 Å². The lowest BCUT2D eigenvalue weighted by Crippen LogP contribution is -1.93. The quantitative estimate of drug-likeness (QED) is 0.455. The van der Waals surface area contributed by atoms with Crippen LogP contribution in [0.3, 0.4) is 0 Å². The van der Waals surface area contributed by atoms with Crippen LogP contribution in [0.1, 0.15) is 30.4 Å². The molecule has 124 valence electrons. The fourth-order valence-corrected chi connectivity index (χ4v) is 3.44. The molecule has 2 nitrogen and oxygen atoms in total. The van der Waals surface area contributed by atoms with Crippen LogP contribution in [0, 0.1) is 0 Å². The number of ether oxygens (including phenoxy) is 2. The van der Waals surface area contributed by atoms with E-state index in [-0.39, 0.29) is 0 Å². The molecule has 0 radical (unpaired) electrons. The smallest absolute Gasteiger partial charge is 0.119 e. The summed E-state index contributed by atoms with van der Waals surface area (Å²) in [6, 6.07) is 12.3. The molecule has 0 heterocycles. The lowest BCUT2D eigenvalue weighted by Gasteiger charge is -2.09. The summed E-state index contributed by atoms with van der Waals surface area (Å²) in [5, 5.41) is 0. The van der Waals surface area contributed by atoms with Gasteiger partial charge in [0.1, 0.15) is 11.5 Å². The van der Waals surface area contributed by atoms with Crippen molar-refractivity contribution in [2.75, 3.05) is 14.2 Å². The Bertz CT molecular complexity index is 586. The van der Waals surface area contributed by atoms with Gasteiger partial charge < -0.3 is 9.47 Å². The van der Waals surface area contributed by atoms with Gasteiger partial charge in [0, 0.05) is 8.95 Å². The molecule has 2 aromatic carbocycles. The monoisotopic (exact) mass is 440 g/mol. The Kier molecular flexibility index (Phi) is 7.44. The van der Waals surface area contributed by atoms with Gasteiger partial charge in [0.25, 0.3) is 0 Å². The zero-order valence-corrected chi connectivity index (χ0v) is 16.7. The second kappa shape index (κ2) is 9.33. The van der Waals surface area contributed by atoms with Gasteiger partial charge in [-0.1, -0.05) is 38.3 Å². The lowest BCUT2D eigenvalue weighted by molar-refractivity contribution is 0.414. The van der Waals surface area contributed by atoms with Crippen molar-refractivity contribution in [1.82, 2.24) is 0 Å². The van der Waals surface area contributed by atoms with E-state index in [1.165, 1.54) is 30.4 Å². The van der Waals surface area contributed by atoms with E-state index < -0.39 is 0 Å². The second-order valence-electron chi connectivity index (χ2n) is 5.48. The number of benzene rings is 2. The minimum absolute atomic E-state index is 0.920. The molecule has 2 aromatic rings. The largest absolute Gasteiger partial charge is 0.497 e. The fourth-order valence-electron chi connectivity index (χ4n) is 2.55. The molecule has 0 atom stereocenters. The van der Waals surface area contributed by atoms with Gasteiger partial charge in [-0.3, -0.25) is 0 Å². The molecule has 0 aliphatic rings. The van der Waals surface area contributed by atoms with Crippen molar-refractivity contribution in [3.8, 4) is 11.5 Å². The normalized spacial score (nSPS) is 10.6. The van der Waals surface area contributed by atoms with Gasteiger partial charge in [0.15, 0.2) is 0 Å². The Morgan fingerprint density at radius 3 is 1.52 bits per heavy atom. The summed E-state index contributed by atoms with van der Waals surface area (Å²) in [6.07, 6.45) is 5.68. The van der Waals surface area contributed by atoms with E-state index in [0.717, 1.165) is 33.3 Å². The summed E-state index contributed by atoms with van der Waals surface area (Å²) >= 11 is 7.23. The third-order valence-corrected chi connectivity index (χ3v) is 5.45. The predicted molar refractivity (Wildman–Crippen MR) is 103 cm³/mol. The molecule has 23 heavy (non-hydrogen) atoms. The standard InChI is InChI=1S/C19H22Br2O2/c1-22-16-8-10-18(20)14(12-16)6-4-3-5-7-15-13-17(23-2)9-11-19(15)21/h8-13H,3-7H2,1-2H3. The third kappa shape index (κ3) is 5.54. The summed E-state index contributed by atoms with van der Waals surface area (Å²) < 4.78 is 12.9. The average molecular weight is 442 g/mol. The van der Waals surface area contributed by atoms with Gasteiger partial charge in [-0.05, 0) is 73.2 Å². The lowest BCUT2D eigenvalue weighted by atomic mass is 10.0. The summed E-state index contributed by atoms with van der Waals surface area (Å²) in [6.45, 7) is 0. The molecular weight excluding hydrogens is 420 g/mol. The van der Waals surface area contributed by atoms with Crippen molar-refractivity contribution in [3.05, 3.63) is 56.5 Å². The highest BCUT2D eigenvalue weighted by Gasteiger charge is 2.04. The van der Waals surface area contributed by atoms with E-state index in [0.29, 0.717) is 0 Å². The SMILES string of the molecule is COc1ccc(Br)c(CCCCCc2cc(OC)ccc2Br)c1.